The van der Waals surface area contributed by atoms with Crippen molar-refractivity contribution in [2.45, 2.75) is 70.9 Å². The van der Waals surface area contributed by atoms with Crippen molar-refractivity contribution in [2.75, 3.05) is 5.32 Å². The SMILES string of the molecule is Cc1cn(C2CCCC2C)c(NC2CCCC2)n1. The van der Waals surface area contributed by atoms with Crippen molar-refractivity contribution < 1.29 is 0 Å². The summed E-state index contributed by atoms with van der Waals surface area (Å²) in [7, 11) is 0. The van der Waals surface area contributed by atoms with Gasteiger partial charge in [-0.15, -0.1) is 0 Å². The monoisotopic (exact) mass is 247 g/mol. The molecule has 0 amide bonds. The maximum absolute atomic E-state index is 4.70. The van der Waals surface area contributed by atoms with E-state index in [0.29, 0.717) is 12.1 Å². The van der Waals surface area contributed by atoms with Crippen LogP contribution in [-0.2, 0) is 0 Å². The number of aromatic nitrogens is 2. The molecule has 2 atom stereocenters. The highest BCUT2D eigenvalue weighted by molar-refractivity contribution is 5.31. The first kappa shape index (κ1) is 12.1. The third-order valence-electron chi connectivity index (χ3n) is 4.71. The molecular formula is C15H25N3. The van der Waals surface area contributed by atoms with Gasteiger partial charge in [0.1, 0.15) is 0 Å². The van der Waals surface area contributed by atoms with E-state index in [-0.39, 0.29) is 0 Å². The van der Waals surface area contributed by atoms with Gasteiger partial charge in [0.05, 0.1) is 5.69 Å². The molecule has 0 aliphatic heterocycles. The maximum Gasteiger partial charge on any atom is 0.203 e. The van der Waals surface area contributed by atoms with Crippen LogP contribution in [0.25, 0.3) is 0 Å². The first-order valence-electron chi connectivity index (χ1n) is 7.56. The molecule has 2 unspecified atom stereocenters. The molecule has 0 spiro atoms. The van der Waals surface area contributed by atoms with Gasteiger partial charge in [-0.25, -0.2) is 4.98 Å². The van der Waals surface area contributed by atoms with Crippen molar-refractivity contribution in [3.05, 3.63) is 11.9 Å². The molecule has 2 aliphatic rings. The van der Waals surface area contributed by atoms with Crippen LogP contribution in [0.15, 0.2) is 6.20 Å². The molecule has 18 heavy (non-hydrogen) atoms. The Balaban J connectivity index is 1.80. The van der Waals surface area contributed by atoms with E-state index in [2.05, 4.69) is 29.9 Å². The molecule has 3 nitrogen and oxygen atoms in total. The van der Waals surface area contributed by atoms with Crippen molar-refractivity contribution in [1.82, 2.24) is 9.55 Å². The summed E-state index contributed by atoms with van der Waals surface area (Å²) in [4.78, 5) is 4.70. The third-order valence-corrected chi connectivity index (χ3v) is 4.71. The molecule has 1 heterocycles. The molecule has 100 valence electrons. The summed E-state index contributed by atoms with van der Waals surface area (Å²) in [5.74, 6) is 1.92. The van der Waals surface area contributed by atoms with E-state index in [1.807, 2.05) is 0 Å². The van der Waals surface area contributed by atoms with Gasteiger partial charge in [0.2, 0.25) is 5.95 Å². The van der Waals surface area contributed by atoms with E-state index in [0.717, 1.165) is 17.6 Å². The molecule has 1 aromatic rings. The number of anilines is 1. The molecule has 3 heteroatoms. The standard InChI is InChI=1S/C15H25N3/c1-11-6-5-9-14(11)18-10-12(2)16-15(18)17-13-7-3-4-8-13/h10-11,13-14H,3-9H2,1-2H3,(H,16,17). The Bertz CT molecular complexity index is 404. The topological polar surface area (TPSA) is 29.9 Å². The Labute approximate surface area is 110 Å². The fourth-order valence-corrected chi connectivity index (χ4v) is 3.67. The first-order valence-corrected chi connectivity index (χ1v) is 7.56. The van der Waals surface area contributed by atoms with Gasteiger partial charge < -0.3 is 9.88 Å². The normalized spacial score (nSPS) is 29.0. The lowest BCUT2D eigenvalue weighted by molar-refractivity contribution is 0.409. The summed E-state index contributed by atoms with van der Waals surface area (Å²) in [6.07, 6.45) is 11.7. The summed E-state index contributed by atoms with van der Waals surface area (Å²) in [6, 6.07) is 1.32. The van der Waals surface area contributed by atoms with Crippen molar-refractivity contribution in [2.24, 2.45) is 5.92 Å². The van der Waals surface area contributed by atoms with Crippen LogP contribution < -0.4 is 5.32 Å². The van der Waals surface area contributed by atoms with Gasteiger partial charge in [0.15, 0.2) is 0 Å². The second-order valence-corrected chi connectivity index (χ2v) is 6.21. The highest BCUT2D eigenvalue weighted by atomic mass is 15.2. The van der Waals surface area contributed by atoms with Crippen LogP contribution in [0.2, 0.25) is 0 Å². The molecule has 1 N–H and O–H groups in total. The fourth-order valence-electron chi connectivity index (χ4n) is 3.67. The fraction of sp³-hybridized carbons (Fsp3) is 0.800. The van der Waals surface area contributed by atoms with Crippen molar-refractivity contribution >= 4 is 5.95 Å². The Morgan fingerprint density at radius 3 is 2.61 bits per heavy atom. The molecule has 0 radical (unpaired) electrons. The van der Waals surface area contributed by atoms with Crippen LogP contribution in [0.4, 0.5) is 5.95 Å². The van der Waals surface area contributed by atoms with Crippen LogP contribution in [-0.4, -0.2) is 15.6 Å². The molecule has 2 saturated carbocycles. The van der Waals surface area contributed by atoms with Gasteiger partial charge in [-0.2, -0.15) is 0 Å². The van der Waals surface area contributed by atoms with E-state index in [4.69, 9.17) is 4.98 Å². The number of aryl methyl sites for hydroxylation is 1. The number of hydrogen-bond acceptors (Lipinski definition) is 2. The van der Waals surface area contributed by atoms with Crippen LogP contribution in [0, 0.1) is 12.8 Å². The zero-order valence-electron chi connectivity index (χ0n) is 11.7. The summed E-state index contributed by atoms with van der Waals surface area (Å²) in [5, 5.41) is 3.68. The summed E-state index contributed by atoms with van der Waals surface area (Å²) >= 11 is 0. The van der Waals surface area contributed by atoms with Crippen LogP contribution >= 0.6 is 0 Å². The average Bonchev–Trinajstić information content (AvgIpc) is 3.02. The second kappa shape index (κ2) is 4.94. The Hall–Kier alpha value is -0.990. The second-order valence-electron chi connectivity index (χ2n) is 6.21. The highest BCUT2D eigenvalue weighted by Gasteiger charge is 2.27. The average molecular weight is 247 g/mol. The zero-order valence-corrected chi connectivity index (χ0v) is 11.7. The van der Waals surface area contributed by atoms with Crippen LogP contribution in [0.1, 0.15) is 63.6 Å². The lowest BCUT2D eigenvalue weighted by Gasteiger charge is -2.22. The number of imidazole rings is 1. The molecule has 2 fully saturated rings. The highest BCUT2D eigenvalue weighted by Crippen LogP contribution is 2.37. The van der Waals surface area contributed by atoms with Gasteiger partial charge in [-0.1, -0.05) is 26.2 Å². The molecule has 0 aromatic carbocycles. The predicted molar refractivity (Wildman–Crippen MR) is 74.9 cm³/mol. The van der Waals surface area contributed by atoms with Crippen LogP contribution in [0.5, 0.6) is 0 Å². The van der Waals surface area contributed by atoms with Crippen molar-refractivity contribution in [1.29, 1.82) is 0 Å². The lowest BCUT2D eigenvalue weighted by atomic mass is 10.1. The largest absolute Gasteiger partial charge is 0.353 e. The van der Waals surface area contributed by atoms with Gasteiger partial charge in [-0.3, -0.25) is 0 Å². The maximum atomic E-state index is 4.70. The Morgan fingerprint density at radius 1 is 1.17 bits per heavy atom. The first-order chi connectivity index (χ1) is 8.74. The predicted octanol–water partition coefficient (Wildman–Crippen LogP) is 3.91. The minimum absolute atomic E-state index is 0.655. The summed E-state index contributed by atoms with van der Waals surface area (Å²) in [6.45, 7) is 4.49. The zero-order chi connectivity index (χ0) is 12.5. The van der Waals surface area contributed by atoms with Gasteiger partial charge >= 0.3 is 0 Å². The number of rotatable bonds is 3. The van der Waals surface area contributed by atoms with E-state index in [1.54, 1.807) is 0 Å². The number of nitrogens with zero attached hydrogens (tertiary/aromatic N) is 2. The third kappa shape index (κ3) is 2.27. The number of hydrogen-bond donors (Lipinski definition) is 1. The smallest absolute Gasteiger partial charge is 0.203 e. The van der Waals surface area contributed by atoms with Crippen LogP contribution in [0.3, 0.4) is 0 Å². The quantitative estimate of drug-likeness (QED) is 0.877. The van der Waals surface area contributed by atoms with E-state index in [1.165, 1.54) is 44.9 Å². The molecule has 3 rings (SSSR count). The molecule has 2 aliphatic carbocycles. The Kier molecular flexibility index (Phi) is 3.31. The van der Waals surface area contributed by atoms with E-state index >= 15 is 0 Å². The minimum atomic E-state index is 0.655. The molecule has 0 saturated heterocycles. The molecule has 0 bridgehead atoms. The van der Waals surface area contributed by atoms with Gasteiger partial charge in [0, 0.05) is 18.3 Å². The number of nitrogens with one attached hydrogen (secondary N) is 1. The Morgan fingerprint density at radius 2 is 1.94 bits per heavy atom. The van der Waals surface area contributed by atoms with E-state index < -0.39 is 0 Å². The summed E-state index contributed by atoms with van der Waals surface area (Å²) in [5.41, 5.74) is 1.15. The minimum Gasteiger partial charge on any atom is -0.353 e. The molecular weight excluding hydrogens is 222 g/mol. The van der Waals surface area contributed by atoms with E-state index in [9.17, 15) is 0 Å². The van der Waals surface area contributed by atoms with Gasteiger partial charge in [0.25, 0.3) is 0 Å². The van der Waals surface area contributed by atoms with Crippen molar-refractivity contribution in [3.63, 3.8) is 0 Å². The lowest BCUT2D eigenvalue weighted by Crippen LogP contribution is -2.20. The molecule has 1 aromatic heterocycles. The summed E-state index contributed by atoms with van der Waals surface area (Å²) < 4.78 is 2.42. The van der Waals surface area contributed by atoms with Crippen molar-refractivity contribution in [3.8, 4) is 0 Å². The van der Waals surface area contributed by atoms with Gasteiger partial charge in [-0.05, 0) is 38.5 Å².